The van der Waals surface area contributed by atoms with E-state index in [4.69, 9.17) is 15.0 Å². The van der Waals surface area contributed by atoms with Crippen LogP contribution in [-0.2, 0) is 0 Å². The maximum atomic E-state index is 5.16. The summed E-state index contributed by atoms with van der Waals surface area (Å²) in [6.07, 6.45) is 0. The third-order valence-electron chi connectivity index (χ3n) is 7.13. The van der Waals surface area contributed by atoms with Crippen LogP contribution < -0.4 is 0 Å². The van der Waals surface area contributed by atoms with E-state index in [9.17, 15) is 0 Å². The molecule has 0 fully saturated rings. The van der Waals surface area contributed by atoms with Gasteiger partial charge < -0.3 is 0 Å². The van der Waals surface area contributed by atoms with Crippen LogP contribution in [0.1, 0.15) is 0 Å². The van der Waals surface area contributed by atoms with Crippen LogP contribution in [0, 0.1) is 0 Å². The Morgan fingerprint density at radius 3 is 2.00 bits per heavy atom. The molecule has 38 heavy (non-hydrogen) atoms. The van der Waals surface area contributed by atoms with Crippen LogP contribution in [0.25, 0.3) is 67.1 Å². The van der Waals surface area contributed by atoms with Gasteiger partial charge in [0.15, 0.2) is 5.82 Å². The number of nitrogens with zero attached hydrogens (tertiary/aromatic N) is 5. The first-order valence-electron chi connectivity index (χ1n) is 12.6. The van der Waals surface area contributed by atoms with E-state index in [0.29, 0.717) is 5.82 Å². The first-order chi connectivity index (χ1) is 18.8. The SMILES string of the molecule is c1ccc(-c2cc(-n3c4ccccc4c4ccc5nc6ccccc6n5c43)nc(-c3ccccc3)n2)cc1. The van der Waals surface area contributed by atoms with Crippen molar-refractivity contribution in [2.45, 2.75) is 0 Å². The molecule has 0 bridgehead atoms. The summed E-state index contributed by atoms with van der Waals surface area (Å²) in [7, 11) is 0. The third kappa shape index (κ3) is 3.09. The zero-order chi connectivity index (χ0) is 25.1. The van der Waals surface area contributed by atoms with Crippen LogP contribution >= 0.6 is 0 Å². The van der Waals surface area contributed by atoms with Gasteiger partial charge in [-0.2, -0.15) is 0 Å². The molecular formula is C33H21N5. The fourth-order valence-electron chi connectivity index (χ4n) is 5.43. The second-order valence-electron chi connectivity index (χ2n) is 9.38. The second-order valence-corrected chi connectivity index (χ2v) is 9.38. The lowest BCUT2D eigenvalue weighted by Gasteiger charge is -2.13. The molecule has 4 heterocycles. The average Bonchev–Trinajstić information content (AvgIpc) is 3.53. The minimum atomic E-state index is 0.690. The van der Waals surface area contributed by atoms with Crippen molar-refractivity contribution >= 4 is 38.6 Å². The summed E-state index contributed by atoms with van der Waals surface area (Å²) >= 11 is 0. The molecule has 0 aliphatic rings. The molecule has 0 N–H and O–H groups in total. The minimum Gasteiger partial charge on any atom is -0.279 e. The fourth-order valence-corrected chi connectivity index (χ4v) is 5.43. The van der Waals surface area contributed by atoms with E-state index in [1.807, 2.05) is 42.5 Å². The maximum absolute atomic E-state index is 5.16. The van der Waals surface area contributed by atoms with Crippen molar-refractivity contribution in [2.75, 3.05) is 0 Å². The normalized spacial score (nSPS) is 11.7. The quantitative estimate of drug-likeness (QED) is 0.256. The lowest BCUT2D eigenvalue weighted by molar-refractivity contribution is 1.02. The van der Waals surface area contributed by atoms with Crippen LogP contribution in [0.4, 0.5) is 0 Å². The van der Waals surface area contributed by atoms with Gasteiger partial charge in [0.1, 0.15) is 17.1 Å². The van der Waals surface area contributed by atoms with Crippen molar-refractivity contribution in [3.8, 4) is 28.5 Å². The molecular weight excluding hydrogens is 466 g/mol. The second kappa shape index (κ2) is 8.11. The van der Waals surface area contributed by atoms with Crippen LogP contribution in [0.2, 0.25) is 0 Å². The highest BCUT2D eigenvalue weighted by molar-refractivity contribution is 6.09. The first-order valence-corrected chi connectivity index (χ1v) is 12.6. The highest BCUT2D eigenvalue weighted by Crippen LogP contribution is 2.35. The van der Waals surface area contributed by atoms with Crippen LogP contribution in [0.5, 0.6) is 0 Å². The van der Waals surface area contributed by atoms with Crippen LogP contribution in [0.3, 0.4) is 0 Å². The smallest absolute Gasteiger partial charge is 0.162 e. The minimum absolute atomic E-state index is 0.690. The Hall–Kier alpha value is -5.29. The van der Waals surface area contributed by atoms with Gasteiger partial charge >= 0.3 is 0 Å². The lowest BCUT2D eigenvalue weighted by atomic mass is 10.1. The topological polar surface area (TPSA) is 48.0 Å². The van der Waals surface area contributed by atoms with Gasteiger partial charge in [-0.25, -0.2) is 15.0 Å². The van der Waals surface area contributed by atoms with Gasteiger partial charge in [-0.1, -0.05) is 91.0 Å². The fraction of sp³-hybridized carbons (Fsp3) is 0. The number of hydrogen-bond acceptors (Lipinski definition) is 3. The molecule has 0 atom stereocenters. The summed E-state index contributed by atoms with van der Waals surface area (Å²) in [5.74, 6) is 1.50. The van der Waals surface area contributed by atoms with Gasteiger partial charge in [-0.15, -0.1) is 0 Å². The van der Waals surface area contributed by atoms with E-state index in [2.05, 4.69) is 93.9 Å². The average molecular weight is 488 g/mol. The molecule has 8 rings (SSSR count). The molecule has 0 saturated heterocycles. The highest BCUT2D eigenvalue weighted by atomic mass is 15.2. The zero-order valence-electron chi connectivity index (χ0n) is 20.4. The Kier molecular flexibility index (Phi) is 4.45. The molecule has 0 spiro atoms. The number of imidazole rings is 1. The molecule has 8 aromatic rings. The van der Waals surface area contributed by atoms with E-state index < -0.39 is 0 Å². The Balaban J connectivity index is 1.54. The molecule has 4 aromatic heterocycles. The Labute approximate surface area is 218 Å². The van der Waals surface area contributed by atoms with Crippen molar-refractivity contribution in [1.29, 1.82) is 0 Å². The summed E-state index contributed by atoms with van der Waals surface area (Å²) in [4.78, 5) is 15.1. The third-order valence-corrected chi connectivity index (χ3v) is 7.13. The molecule has 5 heteroatoms. The monoisotopic (exact) mass is 487 g/mol. The summed E-state index contributed by atoms with van der Waals surface area (Å²) < 4.78 is 4.50. The number of hydrogen-bond donors (Lipinski definition) is 0. The van der Waals surface area contributed by atoms with Crippen molar-refractivity contribution < 1.29 is 0 Å². The molecule has 0 radical (unpaired) electrons. The van der Waals surface area contributed by atoms with Crippen LogP contribution in [-0.4, -0.2) is 23.9 Å². The van der Waals surface area contributed by atoms with Gasteiger partial charge in [0.2, 0.25) is 0 Å². The summed E-state index contributed by atoms with van der Waals surface area (Å²) in [6, 6.07) is 43.6. The largest absolute Gasteiger partial charge is 0.279 e. The first kappa shape index (κ1) is 20.9. The number of benzene rings is 4. The number of aromatic nitrogens is 5. The van der Waals surface area contributed by atoms with Gasteiger partial charge in [-0.3, -0.25) is 8.97 Å². The molecule has 0 amide bonds. The predicted octanol–water partition coefficient (Wildman–Crippen LogP) is 7.71. The maximum Gasteiger partial charge on any atom is 0.162 e. The van der Waals surface area contributed by atoms with E-state index in [1.54, 1.807) is 0 Å². The van der Waals surface area contributed by atoms with E-state index in [0.717, 1.165) is 55.9 Å². The molecule has 0 aliphatic heterocycles. The van der Waals surface area contributed by atoms with Gasteiger partial charge in [-0.05, 0) is 30.3 Å². The molecule has 178 valence electrons. The summed E-state index contributed by atoms with van der Waals surface area (Å²) in [5.41, 5.74) is 7.97. The number of para-hydroxylation sites is 3. The van der Waals surface area contributed by atoms with Gasteiger partial charge in [0.05, 0.1) is 22.2 Å². The number of fused-ring (bicyclic) bond motifs is 7. The molecule has 5 nitrogen and oxygen atoms in total. The number of rotatable bonds is 3. The van der Waals surface area contributed by atoms with E-state index in [-0.39, 0.29) is 0 Å². The molecule has 0 saturated carbocycles. The lowest BCUT2D eigenvalue weighted by Crippen LogP contribution is -2.04. The van der Waals surface area contributed by atoms with Crippen molar-refractivity contribution in [3.63, 3.8) is 0 Å². The zero-order valence-corrected chi connectivity index (χ0v) is 20.4. The van der Waals surface area contributed by atoms with E-state index >= 15 is 0 Å². The molecule has 0 unspecified atom stereocenters. The van der Waals surface area contributed by atoms with Crippen molar-refractivity contribution in [3.05, 3.63) is 127 Å². The molecule has 4 aromatic carbocycles. The standard InChI is InChI=1S/C33H21N5/c1-3-11-22(12-4-1)27-21-31(36-32(35-27)23-13-5-2-6-14-23)37-28-17-9-7-15-24(28)25-19-20-30-34-26-16-8-10-18-29(26)38(30)33(25)37/h1-21H. The highest BCUT2D eigenvalue weighted by Gasteiger charge is 2.19. The Morgan fingerprint density at radius 1 is 0.500 bits per heavy atom. The van der Waals surface area contributed by atoms with Crippen molar-refractivity contribution in [1.82, 2.24) is 23.9 Å². The summed E-state index contributed by atoms with van der Waals surface area (Å²) in [6.45, 7) is 0. The van der Waals surface area contributed by atoms with Gasteiger partial charge in [0.25, 0.3) is 0 Å². The predicted molar refractivity (Wildman–Crippen MR) is 153 cm³/mol. The van der Waals surface area contributed by atoms with Gasteiger partial charge in [0, 0.05) is 28.0 Å². The van der Waals surface area contributed by atoms with Crippen molar-refractivity contribution in [2.24, 2.45) is 0 Å². The molecule has 0 aliphatic carbocycles. The Morgan fingerprint density at radius 2 is 1.18 bits per heavy atom. The number of pyridine rings is 1. The van der Waals surface area contributed by atoms with E-state index in [1.165, 1.54) is 5.39 Å². The van der Waals surface area contributed by atoms with Crippen LogP contribution in [0.15, 0.2) is 127 Å². The summed E-state index contributed by atoms with van der Waals surface area (Å²) in [5, 5.41) is 2.32. The Bertz CT molecular complexity index is 2060.